The maximum absolute atomic E-state index is 11.6. The lowest BCUT2D eigenvalue weighted by Crippen LogP contribution is -2.43. The number of carbonyl (C=O) groups is 2. The van der Waals surface area contributed by atoms with E-state index in [9.17, 15) is 9.59 Å². The predicted octanol–water partition coefficient (Wildman–Crippen LogP) is 1.94. The highest BCUT2D eigenvalue weighted by Gasteiger charge is 2.13. The summed E-state index contributed by atoms with van der Waals surface area (Å²) in [7, 11) is 0. The largest absolute Gasteiger partial charge is 0.484 e. The number of carbonyl (C=O) groups excluding carboxylic acids is 2. The van der Waals surface area contributed by atoms with Crippen LogP contribution < -0.4 is 15.4 Å². The number of hydrogen-bond donors (Lipinski definition) is 2. The zero-order chi connectivity index (χ0) is 14.5. The van der Waals surface area contributed by atoms with Gasteiger partial charge < -0.3 is 15.4 Å². The minimum Gasteiger partial charge on any atom is -0.484 e. The van der Waals surface area contributed by atoms with Crippen LogP contribution in [0.25, 0.3) is 0 Å². The molecule has 5 heteroatoms. The van der Waals surface area contributed by atoms with Crippen molar-refractivity contribution in [2.45, 2.75) is 33.2 Å². The van der Waals surface area contributed by atoms with Crippen molar-refractivity contribution in [3.05, 3.63) is 24.3 Å². The monoisotopic (exact) mass is 264 g/mol. The SMILES string of the molecule is CC(=O)Nc1ccc(OCC(=O)NC(C)(C)C)cc1. The molecule has 19 heavy (non-hydrogen) atoms. The maximum atomic E-state index is 11.6. The van der Waals surface area contributed by atoms with Crippen LogP contribution in [-0.2, 0) is 9.59 Å². The fourth-order valence-electron chi connectivity index (χ4n) is 1.44. The van der Waals surface area contributed by atoms with E-state index in [0.717, 1.165) is 0 Å². The van der Waals surface area contributed by atoms with Crippen molar-refractivity contribution in [3.8, 4) is 5.75 Å². The Balaban J connectivity index is 2.46. The summed E-state index contributed by atoms with van der Waals surface area (Å²) in [4.78, 5) is 22.4. The Kier molecular flexibility index (Phi) is 4.92. The molecule has 0 saturated heterocycles. The van der Waals surface area contributed by atoms with Gasteiger partial charge in [0.15, 0.2) is 6.61 Å². The molecule has 0 aromatic heterocycles. The van der Waals surface area contributed by atoms with E-state index in [1.165, 1.54) is 6.92 Å². The van der Waals surface area contributed by atoms with E-state index in [-0.39, 0.29) is 24.0 Å². The smallest absolute Gasteiger partial charge is 0.258 e. The number of benzene rings is 1. The van der Waals surface area contributed by atoms with E-state index in [2.05, 4.69) is 10.6 Å². The summed E-state index contributed by atoms with van der Waals surface area (Å²) in [5.41, 5.74) is 0.425. The number of rotatable bonds is 4. The summed E-state index contributed by atoms with van der Waals surface area (Å²) in [5.74, 6) is 0.287. The summed E-state index contributed by atoms with van der Waals surface area (Å²) in [6, 6.07) is 6.85. The first kappa shape index (κ1) is 15.0. The third-order valence-electron chi connectivity index (χ3n) is 2.06. The molecule has 0 spiro atoms. The minimum absolute atomic E-state index is 0.0310. The van der Waals surface area contributed by atoms with Crippen molar-refractivity contribution < 1.29 is 14.3 Å². The molecule has 104 valence electrons. The zero-order valence-electron chi connectivity index (χ0n) is 11.7. The van der Waals surface area contributed by atoms with Crippen LogP contribution in [0.3, 0.4) is 0 Å². The van der Waals surface area contributed by atoms with Gasteiger partial charge in [0.05, 0.1) is 0 Å². The molecular weight excluding hydrogens is 244 g/mol. The van der Waals surface area contributed by atoms with Gasteiger partial charge in [0.1, 0.15) is 5.75 Å². The molecule has 1 aromatic rings. The third kappa shape index (κ3) is 6.45. The molecule has 0 saturated carbocycles. The average Bonchev–Trinajstić information content (AvgIpc) is 2.25. The Hall–Kier alpha value is -2.04. The lowest BCUT2D eigenvalue weighted by atomic mass is 10.1. The lowest BCUT2D eigenvalue weighted by molar-refractivity contribution is -0.124. The van der Waals surface area contributed by atoms with Crippen LogP contribution in [0.15, 0.2) is 24.3 Å². The second-order valence-corrected chi connectivity index (χ2v) is 5.29. The van der Waals surface area contributed by atoms with Gasteiger partial charge in [-0.05, 0) is 45.0 Å². The van der Waals surface area contributed by atoms with Crippen LogP contribution in [0.2, 0.25) is 0 Å². The van der Waals surface area contributed by atoms with Gasteiger partial charge in [-0.1, -0.05) is 0 Å². The minimum atomic E-state index is -0.268. The molecule has 2 amide bonds. The van der Waals surface area contributed by atoms with E-state index in [0.29, 0.717) is 11.4 Å². The number of hydrogen-bond acceptors (Lipinski definition) is 3. The van der Waals surface area contributed by atoms with Crippen molar-refractivity contribution in [2.24, 2.45) is 0 Å². The number of anilines is 1. The summed E-state index contributed by atoms with van der Waals surface area (Å²) < 4.78 is 5.35. The van der Waals surface area contributed by atoms with Crippen LogP contribution >= 0.6 is 0 Å². The van der Waals surface area contributed by atoms with E-state index >= 15 is 0 Å². The molecule has 0 radical (unpaired) electrons. The summed E-state index contributed by atoms with van der Waals surface area (Å²) in [6.45, 7) is 7.14. The highest BCUT2D eigenvalue weighted by Crippen LogP contribution is 2.15. The van der Waals surface area contributed by atoms with E-state index < -0.39 is 0 Å². The fraction of sp³-hybridized carbons (Fsp3) is 0.429. The summed E-state index contributed by atoms with van der Waals surface area (Å²) >= 11 is 0. The second kappa shape index (κ2) is 6.22. The third-order valence-corrected chi connectivity index (χ3v) is 2.06. The molecular formula is C14H20N2O3. The standard InChI is InChI=1S/C14H20N2O3/c1-10(17)15-11-5-7-12(8-6-11)19-9-13(18)16-14(2,3)4/h5-8H,9H2,1-4H3,(H,15,17)(H,16,18). The van der Waals surface area contributed by atoms with Crippen molar-refractivity contribution in [1.29, 1.82) is 0 Å². The van der Waals surface area contributed by atoms with Gasteiger partial charge in [0.25, 0.3) is 5.91 Å². The maximum Gasteiger partial charge on any atom is 0.258 e. The first-order valence-electron chi connectivity index (χ1n) is 6.08. The van der Waals surface area contributed by atoms with Crippen LogP contribution in [0.5, 0.6) is 5.75 Å². The number of amides is 2. The quantitative estimate of drug-likeness (QED) is 0.873. The summed E-state index contributed by atoms with van der Waals surface area (Å²) in [6.07, 6.45) is 0. The Morgan fingerprint density at radius 2 is 1.74 bits per heavy atom. The number of nitrogens with one attached hydrogen (secondary N) is 2. The molecule has 0 aliphatic heterocycles. The Bertz CT molecular complexity index is 447. The highest BCUT2D eigenvalue weighted by atomic mass is 16.5. The van der Waals surface area contributed by atoms with Crippen molar-refractivity contribution >= 4 is 17.5 Å². The van der Waals surface area contributed by atoms with Gasteiger partial charge >= 0.3 is 0 Å². The van der Waals surface area contributed by atoms with Gasteiger partial charge in [-0.25, -0.2) is 0 Å². The lowest BCUT2D eigenvalue weighted by Gasteiger charge is -2.20. The molecule has 1 rings (SSSR count). The Labute approximate surface area is 113 Å². The van der Waals surface area contributed by atoms with Crippen LogP contribution in [-0.4, -0.2) is 24.0 Å². The molecule has 0 bridgehead atoms. The predicted molar refractivity (Wildman–Crippen MR) is 74.1 cm³/mol. The molecule has 0 aliphatic rings. The summed E-state index contributed by atoms with van der Waals surface area (Å²) in [5, 5.41) is 5.46. The normalized spacial score (nSPS) is 10.7. The first-order chi connectivity index (χ1) is 8.76. The van der Waals surface area contributed by atoms with Gasteiger partial charge in [-0.2, -0.15) is 0 Å². The number of ether oxygens (including phenoxy) is 1. The van der Waals surface area contributed by atoms with Gasteiger partial charge in [-0.3, -0.25) is 9.59 Å². The molecule has 0 aliphatic carbocycles. The van der Waals surface area contributed by atoms with Crippen molar-refractivity contribution in [2.75, 3.05) is 11.9 Å². The van der Waals surface area contributed by atoms with Crippen molar-refractivity contribution in [1.82, 2.24) is 5.32 Å². The zero-order valence-corrected chi connectivity index (χ0v) is 11.7. The Morgan fingerprint density at radius 1 is 1.16 bits per heavy atom. The molecule has 0 unspecified atom stereocenters. The molecule has 1 aromatic carbocycles. The molecule has 0 fully saturated rings. The molecule has 5 nitrogen and oxygen atoms in total. The van der Waals surface area contributed by atoms with Gasteiger partial charge in [0.2, 0.25) is 5.91 Å². The average molecular weight is 264 g/mol. The molecule has 0 heterocycles. The fourth-order valence-corrected chi connectivity index (χ4v) is 1.44. The van der Waals surface area contributed by atoms with Crippen molar-refractivity contribution in [3.63, 3.8) is 0 Å². The Morgan fingerprint density at radius 3 is 2.21 bits per heavy atom. The van der Waals surface area contributed by atoms with E-state index in [1.54, 1.807) is 24.3 Å². The topological polar surface area (TPSA) is 67.4 Å². The van der Waals surface area contributed by atoms with Crippen LogP contribution in [0, 0.1) is 0 Å². The second-order valence-electron chi connectivity index (χ2n) is 5.29. The van der Waals surface area contributed by atoms with E-state index in [1.807, 2.05) is 20.8 Å². The van der Waals surface area contributed by atoms with Crippen LogP contribution in [0.4, 0.5) is 5.69 Å². The van der Waals surface area contributed by atoms with Gasteiger partial charge in [-0.15, -0.1) is 0 Å². The molecule has 2 N–H and O–H groups in total. The van der Waals surface area contributed by atoms with E-state index in [4.69, 9.17) is 4.74 Å². The molecule has 0 atom stereocenters. The van der Waals surface area contributed by atoms with Gasteiger partial charge in [0, 0.05) is 18.2 Å². The highest BCUT2D eigenvalue weighted by molar-refractivity contribution is 5.88. The first-order valence-corrected chi connectivity index (χ1v) is 6.08. The van der Waals surface area contributed by atoms with Crippen LogP contribution in [0.1, 0.15) is 27.7 Å².